The second-order valence-corrected chi connectivity index (χ2v) is 4.83. The predicted octanol–water partition coefficient (Wildman–Crippen LogP) is 4.98. The van der Waals surface area contributed by atoms with Crippen LogP contribution in [0.25, 0.3) is 0 Å². The van der Waals surface area contributed by atoms with Crippen LogP contribution in [0.5, 0.6) is 0 Å². The Morgan fingerprint density at radius 3 is 2.05 bits per heavy atom. The van der Waals surface area contributed by atoms with Crippen molar-refractivity contribution in [2.75, 3.05) is 0 Å². The molecule has 2 rings (SSSR count). The molecule has 1 nitrogen and oxygen atoms in total. The van der Waals surface area contributed by atoms with Crippen LogP contribution in [0, 0.1) is 0 Å². The first-order chi connectivity index (χ1) is 9.45. The maximum Gasteiger partial charge on any atom is 0.416 e. The van der Waals surface area contributed by atoms with Crippen molar-refractivity contribution < 1.29 is 13.2 Å². The van der Waals surface area contributed by atoms with Crippen LogP contribution in [0.15, 0.2) is 47.8 Å². The van der Waals surface area contributed by atoms with E-state index in [-0.39, 0.29) is 5.92 Å². The van der Waals surface area contributed by atoms with Gasteiger partial charge in [-0.3, -0.25) is 0 Å². The number of alkyl halides is 3. The van der Waals surface area contributed by atoms with Crippen LogP contribution < -0.4 is 5.32 Å². The summed E-state index contributed by atoms with van der Waals surface area (Å²) in [4.78, 5) is 0. The lowest BCUT2D eigenvalue weighted by Crippen LogP contribution is -2.19. The minimum atomic E-state index is -4.32. The van der Waals surface area contributed by atoms with E-state index in [0.29, 0.717) is 5.56 Å². The van der Waals surface area contributed by atoms with Crippen LogP contribution in [0.1, 0.15) is 43.7 Å². The van der Waals surface area contributed by atoms with Crippen molar-refractivity contribution in [3.8, 4) is 0 Å². The van der Waals surface area contributed by atoms with Gasteiger partial charge in [0.05, 0.1) is 5.56 Å². The number of benzene rings is 1. The molecule has 1 aliphatic heterocycles. The Labute approximate surface area is 117 Å². The van der Waals surface area contributed by atoms with Crippen LogP contribution in [0.4, 0.5) is 13.2 Å². The molecule has 0 saturated heterocycles. The van der Waals surface area contributed by atoms with Crippen LogP contribution in [0.3, 0.4) is 0 Å². The number of nitrogens with one attached hydrogen (secondary N) is 1. The lowest BCUT2D eigenvalue weighted by atomic mass is 9.89. The largest absolute Gasteiger partial charge is 0.416 e. The maximum atomic E-state index is 13.1. The molecule has 0 aliphatic carbocycles. The van der Waals surface area contributed by atoms with Crippen molar-refractivity contribution in [2.24, 2.45) is 0 Å². The van der Waals surface area contributed by atoms with E-state index in [1.165, 1.54) is 6.07 Å². The normalized spacial score (nSPS) is 16.4. The van der Waals surface area contributed by atoms with E-state index in [0.717, 1.165) is 30.3 Å². The van der Waals surface area contributed by atoms with Crippen LogP contribution >= 0.6 is 0 Å². The molecular formula is C16H18F3N. The first-order valence-electron chi connectivity index (χ1n) is 6.80. The summed E-state index contributed by atoms with van der Waals surface area (Å²) in [5.74, 6) is -0.320. The molecule has 20 heavy (non-hydrogen) atoms. The lowest BCUT2D eigenvalue weighted by molar-refractivity contribution is -0.138. The average Bonchev–Trinajstić information content (AvgIpc) is 2.45. The first-order valence-corrected chi connectivity index (χ1v) is 6.80. The van der Waals surface area contributed by atoms with E-state index in [9.17, 15) is 13.2 Å². The van der Waals surface area contributed by atoms with E-state index in [2.05, 4.69) is 5.32 Å². The Bertz CT molecular complexity index is 521. The zero-order valence-corrected chi connectivity index (χ0v) is 11.6. The molecule has 1 aromatic rings. The van der Waals surface area contributed by atoms with E-state index < -0.39 is 11.7 Å². The molecule has 4 heteroatoms. The highest BCUT2D eigenvalue weighted by Gasteiger charge is 2.34. The minimum absolute atomic E-state index is 0.318. The quantitative estimate of drug-likeness (QED) is 0.824. The van der Waals surface area contributed by atoms with E-state index in [4.69, 9.17) is 0 Å². The summed E-state index contributed by atoms with van der Waals surface area (Å²) in [5, 5.41) is 3.25. The molecule has 1 aromatic carbocycles. The fraction of sp³-hybridized carbons (Fsp3) is 0.375. The van der Waals surface area contributed by atoms with Crippen molar-refractivity contribution in [1.29, 1.82) is 0 Å². The molecule has 1 heterocycles. The van der Waals surface area contributed by atoms with Gasteiger partial charge in [-0.05, 0) is 24.5 Å². The average molecular weight is 281 g/mol. The second-order valence-electron chi connectivity index (χ2n) is 4.83. The third kappa shape index (κ3) is 3.06. The summed E-state index contributed by atoms with van der Waals surface area (Å²) in [7, 11) is 0. The molecular weight excluding hydrogens is 263 g/mol. The van der Waals surface area contributed by atoms with E-state index in [1.807, 2.05) is 26.0 Å². The second kappa shape index (κ2) is 5.73. The summed E-state index contributed by atoms with van der Waals surface area (Å²) >= 11 is 0. The molecule has 0 atom stereocenters. The van der Waals surface area contributed by atoms with E-state index >= 15 is 0 Å². The fourth-order valence-electron chi connectivity index (χ4n) is 2.41. The molecule has 0 fully saturated rings. The zero-order valence-electron chi connectivity index (χ0n) is 11.6. The van der Waals surface area contributed by atoms with Gasteiger partial charge in [-0.2, -0.15) is 13.2 Å². The summed E-state index contributed by atoms with van der Waals surface area (Å²) < 4.78 is 39.3. The van der Waals surface area contributed by atoms with Crippen molar-refractivity contribution >= 4 is 0 Å². The van der Waals surface area contributed by atoms with Crippen molar-refractivity contribution in [3.05, 3.63) is 58.9 Å². The molecule has 0 saturated carbocycles. The third-order valence-electron chi connectivity index (χ3n) is 3.47. The third-order valence-corrected chi connectivity index (χ3v) is 3.47. The van der Waals surface area contributed by atoms with Crippen LogP contribution in [0.2, 0.25) is 0 Å². The van der Waals surface area contributed by atoms with Gasteiger partial charge in [0, 0.05) is 17.3 Å². The van der Waals surface area contributed by atoms with Gasteiger partial charge >= 0.3 is 6.18 Å². The van der Waals surface area contributed by atoms with Crippen molar-refractivity contribution in [1.82, 2.24) is 5.32 Å². The Kier molecular flexibility index (Phi) is 4.21. The number of rotatable bonds is 3. The summed E-state index contributed by atoms with van der Waals surface area (Å²) in [6.07, 6.45) is 0.999. The molecule has 108 valence electrons. The first kappa shape index (κ1) is 14.7. The standard InChI is InChI=1S/C16H18F3N/c1-3-12-9-11(10-13(4-2)20-12)14-7-5-6-8-15(14)16(17,18)19/h5-11,20H,3-4H2,1-2H3. The smallest absolute Gasteiger partial charge is 0.363 e. The highest BCUT2D eigenvalue weighted by atomic mass is 19.4. The van der Waals surface area contributed by atoms with Gasteiger partial charge in [0.1, 0.15) is 0 Å². The maximum absolute atomic E-state index is 13.1. The Balaban J connectivity index is 2.47. The molecule has 0 unspecified atom stereocenters. The number of hydrogen-bond donors (Lipinski definition) is 1. The molecule has 0 radical (unpaired) electrons. The zero-order chi connectivity index (χ0) is 14.8. The summed E-state index contributed by atoms with van der Waals surface area (Å²) in [5.41, 5.74) is 1.72. The van der Waals surface area contributed by atoms with Crippen molar-refractivity contribution in [2.45, 2.75) is 38.8 Å². The van der Waals surface area contributed by atoms with Gasteiger partial charge in [0.15, 0.2) is 0 Å². The van der Waals surface area contributed by atoms with Gasteiger partial charge in [-0.15, -0.1) is 0 Å². The van der Waals surface area contributed by atoms with Gasteiger partial charge < -0.3 is 5.32 Å². The molecule has 0 bridgehead atoms. The number of hydrogen-bond acceptors (Lipinski definition) is 1. The highest BCUT2D eigenvalue weighted by molar-refractivity contribution is 5.41. The van der Waals surface area contributed by atoms with Gasteiger partial charge in [-0.1, -0.05) is 44.2 Å². The van der Waals surface area contributed by atoms with Crippen LogP contribution in [-0.2, 0) is 6.18 Å². The van der Waals surface area contributed by atoms with Crippen LogP contribution in [-0.4, -0.2) is 0 Å². The molecule has 0 amide bonds. The number of allylic oxidation sites excluding steroid dienone is 4. The summed E-state index contributed by atoms with van der Waals surface area (Å²) in [6, 6.07) is 5.80. The topological polar surface area (TPSA) is 12.0 Å². The Morgan fingerprint density at radius 1 is 1.00 bits per heavy atom. The van der Waals surface area contributed by atoms with E-state index in [1.54, 1.807) is 12.1 Å². The van der Waals surface area contributed by atoms with Crippen molar-refractivity contribution in [3.63, 3.8) is 0 Å². The Morgan fingerprint density at radius 2 is 1.55 bits per heavy atom. The summed E-state index contributed by atoms with van der Waals surface area (Å²) in [6.45, 7) is 3.98. The van der Waals surface area contributed by atoms with Gasteiger partial charge in [-0.25, -0.2) is 0 Å². The van der Waals surface area contributed by atoms with Gasteiger partial charge in [0.2, 0.25) is 0 Å². The highest BCUT2D eigenvalue weighted by Crippen LogP contribution is 2.37. The predicted molar refractivity (Wildman–Crippen MR) is 74.1 cm³/mol. The Hall–Kier alpha value is -1.71. The molecule has 1 N–H and O–H groups in total. The SMILES string of the molecule is CCC1=CC(c2ccccc2C(F)(F)F)C=C(CC)N1. The molecule has 0 spiro atoms. The molecule has 1 aliphatic rings. The van der Waals surface area contributed by atoms with Gasteiger partial charge in [0.25, 0.3) is 0 Å². The lowest BCUT2D eigenvalue weighted by Gasteiger charge is -2.24. The number of halogens is 3. The molecule has 0 aromatic heterocycles. The monoisotopic (exact) mass is 281 g/mol. The minimum Gasteiger partial charge on any atom is -0.363 e. The number of dihydropyridines is 1. The fourth-order valence-corrected chi connectivity index (χ4v) is 2.41.